The molecule has 2 aliphatic heterocycles. The van der Waals surface area contributed by atoms with Gasteiger partial charge >= 0.3 is 0 Å². The molecule has 1 N–H and O–H groups in total. The smallest absolute Gasteiger partial charge is 0.253 e. The van der Waals surface area contributed by atoms with Crippen LogP contribution in [0, 0.1) is 18.3 Å². The van der Waals surface area contributed by atoms with Gasteiger partial charge in [0.2, 0.25) is 5.95 Å². The molecule has 2 saturated heterocycles. The standard InChI is InChI=1S/C25H28N6O2/c1-3-19-14-23(32)31(16-18-8-13-33-17-18)24-22(19)15-26-25(28-24)27-20-4-6-21(7-5-20)30-11-9-29(2)10-12-30/h1,4-7,14-15,18H,8-13,16-17H2,2H3,(H,26,27,28). The fourth-order valence-electron chi connectivity index (χ4n) is 4.44. The van der Waals surface area contributed by atoms with E-state index in [1.807, 2.05) is 12.1 Å². The molecule has 4 heterocycles. The van der Waals surface area contributed by atoms with Crippen LogP contribution in [-0.2, 0) is 11.3 Å². The molecule has 8 heteroatoms. The van der Waals surface area contributed by atoms with Crippen molar-refractivity contribution in [3.63, 3.8) is 0 Å². The lowest BCUT2D eigenvalue weighted by Gasteiger charge is -2.34. The van der Waals surface area contributed by atoms with Crippen molar-refractivity contribution in [3.8, 4) is 12.3 Å². The van der Waals surface area contributed by atoms with Crippen molar-refractivity contribution in [2.45, 2.75) is 13.0 Å². The van der Waals surface area contributed by atoms with Gasteiger partial charge in [-0.3, -0.25) is 9.36 Å². The Labute approximate surface area is 193 Å². The number of pyridine rings is 1. The predicted molar refractivity (Wildman–Crippen MR) is 130 cm³/mol. The van der Waals surface area contributed by atoms with Crippen LogP contribution < -0.4 is 15.8 Å². The summed E-state index contributed by atoms with van der Waals surface area (Å²) >= 11 is 0. The molecular weight excluding hydrogens is 416 g/mol. The fraction of sp³-hybridized carbons (Fsp3) is 0.400. The maximum Gasteiger partial charge on any atom is 0.253 e. The Morgan fingerprint density at radius 1 is 1.21 bits per heavy atom. The van der Waals surface area contributed by atoms with Crippen molar-refractivity contribution in [2.24, 2.45) is 5.92 Å². The van der Waals surface area contributed by atoms with E-state index in [1.165, 1.54) is 11.8 Å². The maximum absolute atomic E-state index is 12.8. The largest absolute Gasteiger partial charge is 0.381 e. The van der Waals surface area contributed by atoms with E-state index in [-0.39, 0.29) is 11.5 Å². The highest BCUT2D eigenvalue weighted by Crippen LogP contribution is 2.23. The number of terminal acetylenes is 1. The lowest BCUT2D eigenvalue weighted by molar-refractivity contribution is 0.182. The van der Waals surface area contributed by atoms with Crippen molar-refractivity contribution < 1.29 is 4.74 Å². The van der Waals surface area contributed by atoms with Crippen LogP contribution in [0.15, 0.2) is 41.3 Å². The third-order valence-corrected chi connectivity index (χ3v) is 6.46. The van der Waals surface area contributed by atoms with Crippen LogP contribution in [0.1, 0.15) is 12.0 Å². The van der Waals surface area contributed by atoms with Gasteiger partial charge in [-0.2, -0.15) is 4.98 Å². The highest BCUT2D eigenvalue weighted by Gasteiger charge is 2.20. The van der Waals surface area contributed by atoms with Crippen molar-refractivity contribution in [3.05, 3.63) is 52.4 Å². The number of hydrogen-bond donors (Lipinski definition) is 1. The van der Waals surface area contributed by atoms with Gasteiger partial charge in [-0.1, -0.05) is 5.92 Å². The zero-order valence-electron chi connectivity index (χ0n) is 18.8. The molecule has 0 saturated carbocycles. The molecule has 5 rings (SSSR count). The number of likely N-dealkylation sites (N-methyl/N-ethyl adjacent to an activating group) is 1. The van der Waals surface area contributed by atoms with Gasteiger partial charge in [0.25, 0.3) is 5.56 Å². The summed E-state index contributed by atoms with van der Waals surface area (Å²) < 4.78 is 7.18. The maximum atomic E-state index is 12.8. The Kier molecular flexibility index (Phi) is 5.99. The minimum absolute atomic E-state index is 0.150. The topological polar surface area (TPSA) is 75.5 Å². The van der Waals surface area contributed by atoms with E-state index in [0.717, 1.165) is 44.9 Å². The monoisotopic (exact) mass is 444 g/mol. The molecule has 0 spiro atoms. The summed E-state index contributed by atoms with van der Waals surface area (Å²) in [5.41, 5.74) is 3.01. The van der Waals surface area contributed by atoms with Crippen LogP contribution >= 0.6 is 0 Å². The third kappa shape index (κ3) is 4.56. The molecule has 1 atom stereocenters. The Morgan fingerprint density at radius 2 is 2.00 bits per heavy atom. The van der Waals surface area contributed by atoms with Gasteiger partial charge in [0.15, 0.2) is 0 Å². The summed E-state index contributed by atoms with van der Waals surface area (Å²) in [7, 11) is 2.15. The number of aromatic nitrogens is 3. The van der Waals surface area contributed by atoms with E-state index < -0.39 is 0 Å². The first kappa shape index (κ1) is 21.4. The Bertz CT molecular complexity index is 1230. The fourth-order valence-corrected chi connectivity index (χ4v) is 4.44. The molecule has 2 aliphatic rings. The molecule has 0 amide bonds. The van der Waals surface area contributed by atoms with Gasteiger partial charge in [-0.25, -0.2) is 4.98 Å². The zero-order chi connectivity index (χ0) is 22.8. The summed E-state index contributed by atoms with van der Waals surface area (Å²) in [6.07, 6.45) is 8.27. The molecule has 1 unspecified atom stereocenters. The number of anilines is 3. The van der Waals surface area contributed by atoms with E-state index in [9.17, 15) is 4.79 Å². The normalized spacial score (nSPS) is 19.0. The average Bonchev–Trinajstić information content (AvgIpc) is 3.35. The van der Waals surface area contributed by atoms with Crippen LogP contribution in [0.4, 0.5) is 17.3 Å². The third-order valence-electron chi connectivity index (χ3n) is 6.46. The number of fused-ring (bicyclic) bond motifs is 1. The molecule has 8 nitrogen and oxygen atoms in total. The van der Waals surface area contributed by atoms with Crippen molar-refractivity contribution in [2.75, 3.05) is 56.7 Å². The lowest BCUT2D eigenvalue weighted by Crippen LogP contribution is -2.44. The van der Waals surface area contributed by atoms with Crippen LogP contribution in [0.3, 0.4) is 0 Å². The molecule has 0 bridgehead atoms. The van der Waals surface area contributed by atoms with Gasteiger partial charge < -0.3 is 19.9 Å². The highest BCUT2D eigenvalue weighted by atomic mass is 16.5. The SMILES string of the molecule is C#Cc1cc(=O)n(CC2CCOC2)c2nc(Nc3ccc(N4CCN(C)CC4)cc3)ncc12. The molecule has 1 aromatic carbocycles. The number of benzene rings is 1. The molecular formula is C25H28N6O2. The first-order valence-corrected chi connectivity index (χ1v) is 11.4. The summed E-state index contributed by atoms with van der Waals surface area (Å²) in [6, 6.07) is 9.78. The van der Waals surface area contributed by atoms with Gasteiger partial charge in [0, 0.05) is 74.5 Å². The molecule has 2 aromatic heterocycles. The van der Waals surface area contributed by atoms with Crippen LogP contribution in [0.25, 0.3) is 11.0 Å². The first-order valence-electron chi connectivity index (χ1n) is 11.4. The van der Waals surface area contributed by atoms with E-state index in [2.05, 4.69) is 45.2 Å². The molecule has 0 radical (unpaired) electrons. The van der Waals surface area contributed by atoms with Crippen molar-refractivity contribution >= 4 is 28.4 Å². The molecule has 3 aromatic rings. The van der Waals surface area contributed by atoms with E-state index in [1.54, 1.807) is 10.8 Å². The van der Waals surface area contributed by atoms with E-state index in [4.69, 9.17) is 16.1 Å². The Balaban J connectivity index is 1.41. The van der Waals surface area contributed by atoms with Gasteiger partial charge in [-0.05, 0) is 37.7 Å². The number of rotatable bonds is 5. The quantitative estimate of drug-likeness (QED) is 0.605. The Hall–Kier alpha value is -3.41. The number of ether oxygens (including phenoxy) is 1. The summed E-state index contributed by atoms with van der Waals surface area (Å²) in [5.74, 6) is 3.31. The average molecular weight is 445 g/mol. The zero-order valence-corrected chi connectivity index (χ0v) is 18.8. The van der Waals surface area contributed by atoms with Crippen molar-refractivity contribution in [1.29, 1.82) is 0 Å². The first-order chi connectivity index (χ1) is 16.1. The summed E-state index contributed by atoms with van der Waals surface area (Å²) in [5, 5.41) is 3.97. The van der Waals surface area contributed by atoms with E-state index >= 15 is 0 Å². The second kappa shape index (κ2) is 9.22. The number of nitrogens with zero attached hydrogens (tertiary/aromatic N) is 5. The minimum Gasteiger partial charge on any atom is -0.381 e. The van der Waals surface area contributed by atoms with Crippen LogP contribution in [-0.4, -0.2) is 65.9 Å². The second-order valence-electron chi connectivity index (χ2n) is 8.77. The van der Waals surface area contributed by atoms with Crippen molar-refractivity contribution in [1.82, 2.24) is 19.4 Å². The van der Waals surface area contributed by atoms with Crippen LogP contribution in [0.2, 0.25) is 0 Å². The highest BCUT2D eigenvalue weighted by molar-refractivity contribution is 5.82. The summed E-state index contributed by atoms with van der Waals surface area (Å²) in [4.78, 5) is 26.7. The minimum atomic E-state index is -0.150. The number of nitrogens with one attached hydrogen (secondary N) is 1. The van der Waals surface area contributed by atoms with Gasteiger partial charge in [0.1, 0.15) is 5.65 Å². The predicted octanol–water partition coefficient (Wildman–Crippen LogP) is 2.30. The molecule has 33 heavy (non-hydrogen) atoms. The lowest BCUT2D eigenvalue weighted by atomic mass is 10.1. The van der Waals surface area contributed by atoms with Gasteiger partial charge in [0.05, 0.1) is 12.0 Å². The Morgan fingerprint density at radius 3 is 2.70 bits per heavy atom. The van der Waals surface area contributed by atoms with Gasteiger partial charge in [-0.15, -0.1) is 6.42 Å². The molecule has 2 fully saturated rings. The van der Waals surface area contributed by atoms with Crippen LogP contribution in [0.5, 0.6) is 0 Å². The molecule has 0 aliphatic carbocycles. The van der Waals surface area contributed by atoms with E-state index in [0.29, 0.717) is 35.7 Å². The molecule has 170 valence electrons. The second-order valence-corrected chi connectivity index (χ2v) is 8.77. The summed E-state index contributed by atoms with van der Waals surface area (Å²) in [6.45, 7) is 6.12. The number of hydrogen-bond acceptors (Lipinski definition) is 7. The number of piperazine rings is 1.